The van der Waals surface area contributed by atoms with E-state index in [0.717, 1.165) is 36.9 Å². The summed E-state index contributed by atoms with van der Waals surface area (Å²) in [6, 6.07) is 10.0. The molecule has 1 saturated heterocycles. The Hall–Kier alpha value is -1.92. The predicted octanol–water partition coefficient (Wildman–Crippen LogP) is 2.67. The van der Waals surface area contributed by atoms with Gasteiger partial charge in [-0.1, -0.05) is 13.0 Å². The number of rotatable bonds is 2. The Kier molecular flexibility index (Phi) is 3.44. The first-order valence-electron chi connectivity index (χ1n) is 7.94. The van der Waals surface area contributed by atoms with E-state index >= 15 is 0 Å². The number of sulfone groups is 1. The van der Waals surface area contributed by atoms with Crippen LogP contribution in [-0.2, 0) is 15.3 Å². The van der Waals surface area contributed by atoms with Crippen LogP contribution in [0, 0.1) is 5.82 Å². The van der Waals surface area contributed by atoms with Gasteiger partial charge < -0.3 is 10.1 Å². The van der Waals surface area contributed by atoms with Crippen molar-refractivity contribution in [2.75, 3.05) is 13.1 Å². The summed E-state index contributed by atoms with van der Waals surface area (Å²) in [6.45, 7) is 3.73. The number of piperidine rings is 1. The molecule has 0 amide bonds. The molecule has 4 rings (SSSR count). The highest BCUT2D eigenvalue weighted by atomic mass is 32.2. The topological polar surface area (TPSA) is 55.4 Å². The summed E-state index contributed by atoms with van der Waals surface area (Å²) in [5, 5.41) is 3.31. The Bertz CT molecular complexity index is 912. The molecule has 0 radical (unpaired) electrons. The fraction of sp³-hybridized carbons (Fsp3) is 0.333. The molecule has 2 aromatic carbocycles. The van der Waals surface area contributed by atoms with E-state index in [9.17, 15) is 12.8 Å². The van der Waals surface area contributed by atoms with Crippen LogP contribution < -0.4 is 10.1 Å². The van der Waals surface area contributed by atoms with Crippen LogP contribution in [0.5, 0.6) is 5.75 Å². The number of hydrogen-bond donors (Lipinski definition) is 1. The second kappa shape index (κ2) is 5.29. The zero-order valence-corrected chi connectivity index (χ0v) is 14.1. The SMILES string of the molecule is CC12CCNCC1Oc1ccc(S(=O)(=O)c3cccc(F)c3)cc12. The summed E-state index contributed by atoms with van der Waals surface area (Å²) in [7, 11) is -3.76. The Balaban J connectivity index is 1.81. The van der Waals surface area contributed by atoms with E-state index in [4.69, 9.17) is 4.74 Å². The molecular weight excluding hydrogens is 329 g/mol. The molecule has 2 atom stereocenters. The highest BCUT2D eigenvalue weighted by Crippen LogP contribution is 2.47. The van der Waals surface area contributed by atoms with Crippen LogP contribution >= 0.6 is 0 Å². The van der Waals surface area contributed by atoms with Crippen LogP contribution in [0.2, 0.25) is 0 Å². The third kappa shape index (κ3) is 2.24. The number of benzene rings is 2. The van der Waals surface area contributed by atoms with Crippen molar-refractivity contribution in [3.05, 3.63) is 53.8 Å². The minimum absolute atomic E-state index is 0.00775. The summed E-state index contributed by atoms with van der Waals surface area (Å²) in [5.74, 6) is 0.176. The number of fused-ring (bicyclic) bond motifs is 3. The molecule has 2 aliphatic rings. The van der Waals surface area contributed by atoms with Crippen LogP contribution in [-0.4, -0.2) is 27.6 Å². The van der Waals surface area contributed by atoms with E-state index in [2.05, 4.69) is 12.2 Å². The van der Waals surface area contributed by atoms with E-state index in [1.54, 1.807) is 12.1 Å². The standard InChI is InChI=1S/C18H18FNO3S/c1-18-7-8-20-11-17(18)23-16-6-5-14(10-15(16)18)24(21,22)13-4-2-3-12(19)9-13/h2-6,9-10,17,20H,7-8,11H2,1H3. The van der Waals surface area contributed by atoms with Crippen molar-refractivity contribution < 1.29 is 17.5 Å². The van der Waals surface area contributed by atoms with E-state index < -0.39 is 15.7 Å². The molecule has 2 heterocycles. The van der Waals surface area contributed by atoms with Gasteiger partial charge >= 0.3 is 0 Å². The number of ether oxygens (including phenoxy) is 1. The molecule has 2 unspecified atom stereocenters. The van der Waals surface area contributed by atoms with Gasteiger partial charge in [-0.25, -0.2) is 12.8 Å². The highest BCUT2D eigenvalue weighted by molar-refractivity contribution is 7.91. The average molecular weight is 347 g/mol. The molecule has 0 spiro atoms. The smallest absolute Gasteiger partial charge is 0.206 e. The van der Waals surface area contributed by atoms with Crippen molar-refractivity contribution in [1.82, 2.24) is 5.32 Å². The summed E-state index contributed by atoms with van der Waals surface area (Å²) in [5.41, 5.74) is 0.722. The van der Waals surface area contributed by atoms with Gasteiger partial charge in [-0.3, -0.25) is 0 Å². The van der Waals surface area contributed by atoms with E-state index in [1.165, 1.54) is 24.3 Å². The van der Waals surface area contributed by atoms with E-state index in [1.807, 2.05) is 0 Å². The second-order valence-electron chi connectivity index (χ2n) is 6.60. The maximum Gasteiger partial charge on any atom is 0.206 e. The molecule has 0 bridgehead atoms. The van der Waals surface area contributed by atoms with Crippen molar-refractivity contribution in [2.24, 2.45) is 0 Å². The first kappa shape index (κ1) is 15.6. The molecule has 0 aromatic heterocycles. The van der Waals surface area contributed by atoms with Gasteiger partial charge in [0.05, 0.1) is 9.79 Å². The first-order valence-corrected chi connectivity index (χ1v) is 9.42. The van der Waals surface area contributed by atoms with Crippen molar-refractivity contribution >= 4 is 9.84 Å². The molecule has 1 N–H and O–H groups in total. The lowest BCUT2D eigenvalue weighted by atomic mass is 9.74. The highest BCUT2D eigenvalue weighted by Gasteiger charge is 2.47. The van der Waals surface area contributed by atoms with Crippen molar-refractivity contribution in [2.45, 2.75) is 34.7 Å². The average Bonchev–Trinajstić information content (AvgIpc) is 2.87. The Morgan fingerprint density at radius 2 is 2.00 bits per heavy atom. The van der Waals surface area contributed by atoms with Crippen LogP contribution in [0.4, 0.5) is 4.39 Å². The van der Waals surface area contributed by atoms with Gasteiger partial charge in [0.2, 0.25) is 9.84 Å². The Morgan fingerprint density at radius 3 is 2.79 bits per heavy atom. The molecule has 126 valence electrons. The fourth-order valence-electron chi connectivity index (χ4n) is 3.60. The van der Waals surface area contributed by atoms with Crippen LogP contribution in [0.1, 0.15) is 18.9 Å². The quantitative estimate of drug-likeness (QED) is 0.907. The van der Waals surface area contributed by atoms with Gasteiger partial charge in [-0.05, 0) is 49.4 Å². The van der Waals surface area contributed by atoms with Crippen LogP contribution in [0.3, 0.4) is 0 Å². The number of nitrogens with one attached hydrogen (secondary N) is 1. The fourth-order valence-corrected chi connectivity index (χ4v) is 4.91. The largest absolute Gasteiger partial charge is 0.488 e. The molecule has 0 aliphatic carbocycles. The lowest BCUT2D eigenvalue weighted by molar-refractivity contribution is 0.124. The van der Waals surface area contributed by atoms with Crippen molar-refractivity contribution in [3.63, 3.8) is 0 Å². The normalized spacial score (nSPS) is 25.7. The Morgan fingerprint density at radius 1 is 1.21 bits per heavy atom. The van der Waals surface area contributed by atoms with Gasteiger partial charge in [0.1, 0.15) is 17.7 Å². The lowest BCUT2D eigenvalue weighted by Gasteiger charge is -2.35. The monoisotopic (exact) mass is 347 g/mol. The zero-order valence-electron chi connectivity index (χ0n) is 13.3. The maximum atomic E-state index is 13.4. The minimum atomic E-state index is -3.76. The summed E-state index contributed by atoms with van der Waals surface area (Å²) in [6.07, 6.45) is 0.891. The van der Waals surface area contributed by atoms with Crippen molar-refractivity contribution in [3.8, 4) is 5.75 Å². The maximum absolute atomic E-state index is 13.4. The number of hydrogen-bond acceptors (Lipinski definition) is 4. The van der Waals surface area contributed by atoms with E-state index in [0.29, 0.717) is 0 Å². The van der Waals surface area contributed by atoms with Gasteiger partial charge in [0.15, 0.2) is 0 Å². The first-order chi connectivity index (χ1) is 11.4. The van der Waals surface area contributed by atoms with Gasteiger partial charge in [0.25, 0.3) is 0 Å². The summed E-state index contributed by atoms with van der Waals surface area (Å²) >= 11 is 0. The van der Waals surface area contributed by atoms with Gasteiger partial charge in [-0.2, -0.15) is 0 Å². The minimum Gasteiger partial charge on any atom is -0.488 e. The second-order valence-corrected chi connectivity index (χ2v) is 8.55. The molecule has 2 aliphatic heterocycles. The van der Waals surface area contributed by atoms with Gasteiger partial charge in [-0.15, -0.1) is 0 Å². The summed E-state index contributed by atoms with van der Waals surface area (Å²) in [4.78, 5) is 0.143. The molecule has 2 aromatic rings. The van der Waals surface area contributed by atoms with Crippen LogP contribution in [0.25, 0.3) is 0 Å². The van der Waals surface area contributed by atoms with Crippen LogP contribution in [0.15, 0.2) is 52.3 Å². The third-order valence-electron chi connectivity index (χ3n) is 5.11. The number of halogens is 1. The third-order valence-corrected chi connectivity index (χ3v) is 6.86. The lowest BCUT2D eigenvalue weighted by Crippen LogP contribution is -2.49. The molecule has 6 heteroatoms. The molecule has 4 nitrogen and oxygen atoms in total. The molecule has 1 fully saturated rings. The molecule has 24 heavy (non-hydrogen) atoms. The van der Waals surface area contributed by atoms with E-state index in [-0.39, 0.29) is 21.3 Å². The predicted molar refractivity (Wildman–Crippen MR) is 87.5 cm³/mol. The summed E-state index contributed by atoms with van der Waals surface area (Å²) < 4.78 is 45.1. The molecular formula is C18H18FNO3S. The molecule has 0 saturated carbocycles. The zero-order chi connectivity index (χ0) is 16.9. The van der Waals surface area contributed by atoms with Gasteiger partial charge in [0, 0.05) is 17.5 Å². The van der Waals surface area contributed by atoms with Crippen molar-refractivity contribution in [1.29, 1.82) is 0 Å². The Labute approximate surface area is 140 Å².